The number of anilines is 2. The van der Waals surface area contributed by atoms with Crippen molar-refractivity contribution in [3.8, 4) is 11.5 Å². The number of nitrogens with zero attached hydrogens (tertiary/aromatic N) is 2. The molecule has 3 heterocycles. The summed E-state index contributed by atoms with van der Waals surface area (Å²) in [7, 11) is 0.719. The van der Waals surface area contributed by atoms with Gasteiger partial charge in [-0.15, -0.1) is 0 Å². The molecule has 11 nitrogen and oxygen atoms in total. The van der Waals surface area contributed by atoms with E-state index >= 15 is 4.79 Å². The lowest BCUT2D eigenvalue weighted by Crippen LogP contribution is -2.52. The van der Waals surface area contributed by atoms with Gasteiger partial charge in [0.2, 0.25) is 11.8 Å². The Hall–Kier alpha value is -5.01. The second-order valence-electron chi connectivity index (χ2n) is 16.0. The van der Waals surface area contributed by atoms with Crippen molar-refractivity contribution in [1.29, 1.82) is 0 Å². The monoisotopic (exact) mass is 790 g/mol. The molecule has 3 N–H and O–H groups in total. The van der Waals surface area contributed by atoms with Crippen molar-refractivity contribution in [3.63, 3.8) is 0 Å². The number of aliphatic hydroxyl groups is 1. The average Bonchev–Trinajstić information content (AvgIpc) is 3.93. The third-order valence-corrected chi connectivity index (χ3v) is 16.7. The first-order chi connectivity index (χ1) is 27.5. The van der Waals surface area contributed by atoms with E-state index in [1.807, 2.05) is 84.9 Å². The quantitative estimate of drug-likeness (QED) is 0.142. The van der Waals surface area contributed by atoms with Gasteiger partial charge in [0, 0.05) is 30.3 Å². The zero-order valence-corrected chi connectivity index (χ0v) is 34.5. The van der Waals surface area contributed by atoms with Crippen LogP contribution in [0.3, 0.4) is 0 Å². The fourth-order valence-corrected chi connectivity index (χ4v) is 13.3. The smallest absolute Gasteiger partial charge is 0.264 e. The Labute approximate surface area is 336 Å². The molecule has 0 unspecified atom stereocenters. The summed E-state index contributed by atoms with van der Waals surface area (Å²) in [5.74, 6) is 0.664. The Morgan fingerprint density at radius 3 is 2.32 bits per heavy atom. The van der Waals surface area contributed by atoms with Crippen molar-refractivity contribution < 1.29 is 33.7 Å². The van der Waals surface area contributed by atoms with Crippen LogP contribution in [0.2, 0.25) is 18.6 Å². The highest BCUT2D eigenvalue weighted by atomic mass is 28.3. The molecule has 2 fully saturated rings. The summed E-state index contributed by atoms with van der Waals surface area (Å²) in [6.07, 6.45) is 1.24. The average molecular weight is 791 g/mol. The van der Waals surface area contributed by atoms with Crippen LogP contribution in [0, 0.1) is 5.92 Å². The fourth-order valence-electron chi connectivity index (χ4n) is 9.31. The van der Waals surface area contributed by atoms with Gasteiger partial charge >= 0.3 is 0 Å². The molecule has 57 heavy (non-hydrogen) atoms. The van der Waals surface area contributed by atoms with Crippen LogP contribution in [0.25, 0.3) is 0 Å². The molecule has 1 spiro atoms. The van der Waals surface area contributed by atoms with Crippen LogP contribution < -0.4 is 30.2 Å². The summed E-state index contributed by atoms with van der Waals surface area (Å²) in [6, 6.07) is 31.0. The Morgan fingerprint density at radius 1 is 0.965 bits per heavy atom. The van der Waals surface area contributed by atoms with E-state index in [1.165, 1.54) is 5.19 Å². The molecule has 12 heteroatoms. The van der Waals surface area contributed by atoms with Gasteiger partial charge in [0.1, 0.15) is 11.5 Å². The highest BCUT2D eigenvalue weighted by Gasteiger charge is 2.66. The minimum absolute atomic E-state index is 0.0459. The van der Waals surface area contributed by atoms with Crippen molar-refractivity contribution in [2.45, 2.75) is 75.7 Å². The lowest BCUT2D eigenvalue weighted by atomic mass is 9.82. The van der Waals surface area contributed by atoms with Gasteiger partial charge in [-0.1, -0.05) is 79.8 Å². The lowest BCUT2D eigenvalue weighted by molar-refractivity contribution is -0.150. The zero-order chi connectivity index (χ0) is 40.3. The van der Waals surface area contributed by atoms with Crippen LogP contribution in [-0.4, -0.2) is 81.9 Å². The van der Waals surface area contributed by atoms with E-state index < -0.39 is 19.8 Å². The summed E-state index contributed by atoms with van der Waals surface area (Å²) in [5.41, 5.74) is 2.46. The standard InChI is InChI=1S/C45H54N4O7Si/c1-30-42(57(4,5)36-20-17-34(54-2)18-21-36)40(27-41(51)48(24-25-50)28-31-10-7-6-8-11-31)56-45(30)37-26-35(55-3)19-22-39(37)49(44(45)53)29-32-13-15-33(16-14-32)47-43(52)38-12-9-23-46-38/h6-8,10-11,13-22,26,30,38,40,42,46,50H,9,12,23-25,27-29H2,1-5H3,(H,47,52)/t30-,38-,40+,42-,45+/m1/s1. The van der Waals surface area contributed by atoms with Crippen LogP contribution in [0.15, 0.2) is 97.1 Å². The molecule has 0 aromatic heterocycles. The minimum Gasteiger partial charge on any atom is -0.497 e. The Morgan fingerprint density at radius 2 is 1.67 bits per heavy atom. The number of nitrogens with one attached hydrogen (secondary N) is 2. The maximum atomic E-state index is 15.3. The van der Waals surface area contributed by atoms with Crippen molar-refractivity contribution in [3.05, 3.63) is 114 Å². The molecule has 0 bridgehead atoms. The SMILES string of the molecule is COc1ccc([Si](C)(C)[C@H]2[C@H](CC(=O)N(CCO)Cc3ccccc3)O[C@@]3(C(=O)N(Cc4ccc(NC(=O)[C@H]5CCCN5)cc4)c4ccc(OC)cc43)[C@@H]2C)cc1. The van der Waals surface area contributed by atoms with E-state index in [4.69, 9.17) is 14.2 Å². The first-order valence-electron chi connectivity index (χ1n) is 19.9. The van der Waals surface area contributed by atoms with Crippen molar-refractivity contribution >= 4 is 42.4 Å². The molecule has 3 aliphatic heterocycles. The highest BCUT2D eigenvalue weighted by molar-refractivity contribution is 6.91. The molecule has 7 rings (SSSR count). The third-order valence-electron chi connectivity index (χ3n) is 12.3. The number of rotatable bonds is 14. The number of hydrogen-bond donors (Lipinski definition) is 3. The normalized spacial score (nSPS) is 22.8. The fraction of sp³-hybridized carbons (Fsp3) is 0.400. The van der Waals surface area contributed by atoms with E-state index in [0.29, 0.717) is 18.0 Å². The predicted octanol–water partition coefficient (Wildman–Crippen LogP) is 5.57. The molecule has 5 atom stereocenters. The summed E-state index contributed by atoms with van der Waals surface area (Å²) in [4.78, 5) is 45.9. The summed E-state index contributed by atoms with van der Waals surface area (Å²) >= 11 is 0. The maximum Gasteiger partial charge on any atom is 0.264 e. The first kappa shape index (κ1) is 40.2. The molecule has 3 aliphatic rings. The molecular formula is C45H54N4O7Si. The third kappa shape index (κ3) is 7.83. The van der Waals surface area contributed by atoms with Crippen molar-refractivity contribution in [2.75, 3.05) is 44.1 Å². The number of fused-ring (bicyclic) bond motifs is 2. The molecule has 3 amide bonds. The number of carbonyl (C=O) groups is 3. The number of methoxy groups -OCH3 is 2. The predicted molar refractivity (Wildman–Crippen MR) is 223 cm³/mol. The number of amides is 3. The summed E-state index contributed by atoms with van der Waals surface area (Å²) < 4.78 is 18.5. The van der Waals surface area contributed by atoms with Gasteiger partial charge in [0.25, 0.3) is 5.91 Å². The second-order valence-corrected chi connectivity index (χ2v) is 20.7. The molecular weight excluding hydrogens is 737 g/mol. The second kappa shape index (κ2) is 16.8. The van der Waals surface area contributed by atoms with E-state index in [1.54, 1.807) is 24.0 Å². The molecule has 4 aromatic carbocycles. The van der Waals surface area contributed by atoms with Gasteiger partial charge < -0.3 is 39.8 Å². The van der Waals surface area contributed by atoms with E-state index in [-0.39, 0.29) is 61.3 Å². The highest BCUT2D eigenvalue weighted by Crippen LogP contribution is 2.60. The lowest BCUT2D eigenvalue weighted by Gasteiger charge is -2.37. The largest absolute Gasteiger partial charge is 0.497 e. The molecule has 0 radical (unpaired) electrons. The Balaban J connectivity index is 1.24. The van der Waals surface area contributed by atoms with E-state index in [9.17, 15) is 14.7 Å². The molecule has 4 aromatic rings. The molecule has 0 aliphatic carbocycles. The van der Waals surface area contributed by atoms with Gasteiger partial charge in [-0.05, 0) is 78.5 Å². The van der Waals surface area contributed by atoms with Gasteiger partial charge in [-0.3, -0.25) is 14.4 Å². The zero-order valence-electron chi connectivity index (χ0n) is 33.5. The van der Waals surface area contributed by atoms with Crippen LogP contribution >= 0.6 is 0 Å². The Kier molecular flexibility index (Phi) is 11.9. The maximum absolute atomic E-state index is 15.3. The van der Waals surface area contributed by atoms with Gasteiger partial charge in [-0.25, -0.2) is 0 Å². The van der Waals surface area contributed by atoms with Crippen LogP contribution in [-0.2, 0) is 37.8 Å². The van der Waals surface area contributed by atoms with E-state index in [0.717, 1.165) is 47.5 Å². The summed E-state index contributed by atoms with van der Waals surface area (Å²) in [5, 5.41) is 17.4. The Bertz CT molecular complexity index is 2060. The van der Waals surface area contributed by atoms with Crippen LogP contribution in [0.1, 0.15) is 42.9 Å². The molecule has 0 saturated carbocycles. The number of benzene rings is 4. The van der Waals surface area contributed by atoms with Gasteiger partial charge in [0.15, 0.2) is 5.60 Å². The van der Waals surface area contributed by atoms with E-state index in [2.05, 4.69) is 42.8 Å². The van der Waals surface area contributed by atoms with Gasteiger partial charge in [0.05, 0.1) is 59.7 Å². The van der Waals surface area contributed by atoms with Crippen LogP contribution in [0.5, 0.6) is 11.5 Å². The first-order valence-corrected chi connectivity index (χ1v) is 23.0. The number of carbonyl (C=O) groups excluding carboxylic acids is 3. The van der Waals surface area contributed by atoms with Gasteiger partial charge in [-0.2, -0.15) is 0 Å². The minimum atomic E-state index is -2.54. The number of ether oxygens (including phenoxy) is 3. The molecule has 300 valence electrons. The number of aliphatic hydroxyl groups excluding tert-OH is 1. The number of hydrogen-bond acceptors (Lipinski definition) is 8. The topological polar surface area (TPSA) is 130 Å². The molecule has 2 saturated heterocycles. The summed E-state index contributed by atoms with van der Waals surface area (Å²) in [6.45, 7) is 8.16. The van der Waals surface area contributed by atoms with Crippen LogP contribution in [0.4, 0.5) is 11.4 Å². The van der Waals surface area contributed by atoms with Crippen molar-refractivity contribution in [2.24, 2.45) is 5.92 Å². The van der Waals surface area contributed by atoms with Crippen molar-refractivity contribution in [1.82, 2.24) is 10.2 Å².